The van der Waals surface area contributed by atoms with E-state index < -0.39 is 0 Å². The summed E-state index contributed by atoms with van der Waals surface area (Å²) in [5.74, 6) is 0.610. The topological polar surface area (TPSA) is 42.2 Å². The average Bonchev–Trinajstić information content (AvgIpc) is 2.26. The first-order valence-electron chi connectivity index (χ1n) is 4.42. The second kappa shape index (κ2) is 5.25. The lowest BCUT2D eigenvalue weighted by atomic mass is 10.2. The summed E-state index contributed by atoms with van der Waals surface area (Å²) in [5, 5.41) is 8.78. The Morgan fingerprint density at radius 1 is 1.43 bits per heavy atom. The lowest BCUT2D eigenvalue weighted by molar-refractivity contribution is 0.0715. The SMILES string of the molecule is COC(C)COc1ccccc1C#N. The molecule has 3 nitrogen and oxygen atoms in total. The summed E-state index contributed by atoms with van der Waals surface area (Å²) in [7, 11) is 1.63. The minimum Gasteiger partial charge on any atom is -0.490 e. The highest BCUT2D eigenvalue weighted by molar-refractivity contribution is 5.42. The molecule has 1 atom stereocenters. The molecule has 0 N–H and O–H groups in total. The summed E-state index contributed by atoms with van der Waals surface area (Å²) >= 11 is 0. The Morgan fingerprint density at radius 3 is 2.79 bits per heavy atom. The molecular weight excluding hydrogens is 178 g/mol. The molecule has 3 heteroatoms. The third-order valence-electron chi connectivity index (χ3n) is 1.88. The Balaban J connectivity index is 2.63. The molecule has 0 bridgehead atoms. The van der Waals surface area contributed by atoms with Crippen LogP contribution in [-0.2, 0) is 4.74 Å². The summed E-state index contributed by atoms with van der Waals surface area (Å²) in [6, 6.07) is 9.23. The van der Waals surface area contributed by atoms with E-state index in [0.717, 1.165) is 0 Å². The van der Waals surface area contributed by atoms with Crippen LogP contribution in [0.25, 0.3) is 0 Å². The van der Waals surface area contributed by atoms with Gasteiger partial charge in [-0.1, -0.05) is 12.1 Å². The molecule has 1 aromatic carbocycles. The van der Waals surface area contributed by atoms with Gasteiger partial charge in [-0.15, -0.1) is 0 Å². The number of nitrogens with zero attached hydrogens (tertiary/aromatic N) is 1. The summed E-state index contributed by atoms with van der Waals surface area (Å²) in [5.41, 5.74) is 0.552. The number of rotatable bonds is 4. The van der Waals surface area contributed by atoms with Crippen molar-refractivity contribution in [1.29, 1.82) is 5.26 Å². The zero-order valence-corrected chi connectivity index (χ0v) is 8.36. The van der Waals surface area contributed by atoms with Gasteiger partial charge in [0.1, 0.15) is 18.4 Å². The Kier molecular flexibility index (Phi) is 3.96. The number of para-hydroxylation sites is 1. The van der Waals surface area contributed by atoms with Crippen molar-refractivity contribution in [2.24, 2.45) is 0 Å². The number of methoxy groups -OCH3 is 1. The lowest BCUT2D eigenvalue weighted by Gasteiger charge is -2.11. The van der Waals surface area contributed by atoms with Gasteiger partial charge >= 0.3 is 0 Å². The smallest absolute Gasteiger partial charge is 0.137 e. The van der Waals surface area contributed by atoms with E-state index in [0.29, 0.717) is 17.9 Å². The molecule has 0 saturated carbocycles. The van der Waals surface area contributed by atoms with Crippen LogP contribution in [0, 0.1) is 11.3 Å². The number of hydrogen-bond acceptors (Lipinski definition) is 3. The van der Waals surface area contributed by atoms with Crippen LogP contribution >= 0.6 is 0 Å². The molecule has 74 valence electrons. The van der Waals surface area contributed by atoms with E-state index in [9.17, 15) is 0 Å². The van der Waals surface area contributed by atoms with E-state index in [1.807, 2.05) is 19.1 Å². The van der Waals surface area contributed by atoms with Gasteiger partial charge in [0.2, 0.25) is 0 Å². The highest BCUT2D eigenvalue weighted by Gasteiger charge is 2.04. The van der Waals surface area contributed by atoms with Crippen LogP contribution in [0.5, 0.6) is 5.75 Å². The maximum atomic E-state index is 8.78. The highest BCUT2D eigenvalue weighted by atomic mass is 16.5. The molecule has 14 heavy (non-hydrogen) atoms. The fourth-order valence-electron chi connectivity index (χ4n) is 0.960. The molecule has 0 aromatic heterocycles. The first-order chi connectivity index (χ1) is 6.77. The van der Waals surface area contributed by atoms with Crippen molar-refractivity contribution in [3.05, 3.63) is 29.8 Å². The van der Waals surface area contributed by atoms with Crippen molar-refractivity contribution < 1.29 is 9.47 Å². The molecule has 0 spiro atoms. The van der Waals surface area contributed by atoms with Crippen LogP contribution in [0.1, 0.15) is 12.5 Å². The standard InChI is InChI=1S/C11H13NO2/c1-9(13-2)8-14-11-6-4-3-5-10(11)7-12/h3-6,9H,8H2,1-2H3. The summed E-state index contributed by atoms with van der Waals surface area (Å²) in [6.45, 7) is 2.37. The van der Waals surface area contributed by atoms with Crippen LogP contribution in [0.15, 0.2) is 24.3 Å². The Morgan fingerprint density at radius 2 is 2.14 bits per heavy atom. The number of nitriles is 1. The molecule has 0 heterocycles. The first kappa shape index (κ1) is 10.6. The molecule has 0 aliphatic rings. The molecule has 0 saturated heterocycles. The van der Waals surface area contributed by atoms with Gasteiger partial charge in [-0.3, -0.25) is 0 Å². The number of ether oxygens (including phenoxy) is 2. The minimum absolute atomic E-state index is 0.0294. The van der Waals surface area contributed by atoms with Crippen molar-refractivity contribution in [3.8, 4) is 11.8 Å². The maximum absolute atomic E-state index is 8.78. The van der Waals surface area contributed by atoms with Gasteiger partial charge in [0, 0.05) is 7.11 Å². The fourth-order valence-corrected chi connectivity index (χ4v) is 0.960. The van der Waals surface area contributed by atoms with Crippen LogP contribution in [0.3, 0.4) is 0 Å². The molecular formula is C11H13NO2. The van der Waals surface area contributed by atoms with Crippen molar-refractivity contribution in [2.45, 2.75) is 13.0 Å². The van der Waals surface area contributed by atoms with Crippen molar-refractivity contribution in [1.82, 2.24) is 0 Å². The second-order valence-corrected chi connectivity index (χ2v) is 2.97. The molecule has 1 rings (SSSR count). The molecule has 0 amide bonds. The van der Waals surface area contributed by atoms with Gasteiger partial charge < -0.3 is 9.47 Å². The monoisotopic (exact) mass is 191 g/mol. The van der Waals surface area contributed by atoms with Gasteiger partial charge in [0.25, 0.3) is 0 Å². The van der Waals surface area contributed by atoms with E-state index in [1.54, 1.807) is 19.2 Å². The average molecular weight is 191 g/mol. The molecule has 0 aliphatic heterocycles. The predicted octanol–water partition coefficient (Wildman–Crippen LogP) is 1.97. The van der Waals surface area contributed by atoms with Gasteiger partial charge in [-0.05, 0) is 19.1 Å². The minimum atomic E-state index is 0.0294. The number of benzene rings is 1. The quantitative estimate of drug-likeness (QED) is 0.730. The maximum Gasteiger partial charge on any atom is 0.137 e. The van der Waals surface area contributed by atoms with Crippen LogP contribution < -0.4 is 4.74 Å². The van der Waals surface area contributed by atoms with Gasteiger partial charge in [0.05, 0.1) is 11.7 Å². The molecule has 1 unspecified atom stereocenters. The number of hydrogen-bond donors (Lipinski definition) is 0. The van der Waals surface area contributed by atoms with E-state index in [-0.39, 0.29) is 6.10 Å². The van der Waals surface area contributed by atoms with Gasteiger partial charge in [-0.2, -0.15) is 5.26 Å². The molecule has 0 aliphatic carbocycles. The predicted molar refractivity (Wildman–Crippen MR) is 53.1 cm³/mol. The van der Waals surface area contributed by atoms with Crippen LogP contribution in [0.4, 0.5) is 0 Å². The zero-order chi connectivity index (χ0) is 10.4. The molecule has 0 fully saturated rings. The molecule has 0 radical (unpaired) electrons. The van der Waals surface area contributed by atoms with E-state index >= 15 is 0 Å². The highest BCUT2D eigenvalue weighted by Crippen LogP contribution is 2.16. The lowest BCUT2D eigenvalue weighted by Crippen LogP contribution is -2.16. The Hall–Kier alpha value is -1.53. The van der Waals surface area contributed by atoms with E-state index in [4.69, 9.17) is 14.7 Å². The zero-order valence-electron chi connectivity index (χ0n) is 8.36. The summed E-state index contributed by atoms with van der Waals surface area (Å²) in [6.07, 6.45) is 0.0294. The van der Waals surface area contributed by atoms with E-state index in [1.165, 1.54) is 0 Å². The van der Waals surface area contributed by atoms with Crippen LogP contribution in [-0.4, -0.2) is 19.8 Å². The van der Waals surface area contributed by atoms with Crippen molar-refractivity contribution >= 4 is 0 Å². The second-order valence-electron chi connectivity index (χ2n) is 2.97. The Bertz CT molecular complexity index is 330. The van der Waals surface area contributed by atoms with Crippen molar-refractivity contribution in [3.63, 3.8) is 0 Å². The van der Waals surface area contributed by atoms with E-state index in [2.05, 4.69) is 6.07 Å². The summed E-state index contributed by atoms with van der Waals surface area (Å²) in [4.78, 5) is 0. The Labute approximate surface area is 83.9 Å². The van der Waals surface area contributed by atoms with Crippen LogP contribution in [0.2, 0.25) is 0 Å². The van der Waals surface area contributed by atoms with Gasteiger partial charge in [-0.25, -0.2) is 0 Å². The van der Waals surface area contributed by atoms with Gasteiger partial charge in [0.15, 0.2) is 0 Å². The first-order valence-corrected chi connectivity index (χ1v) is 4.42. The summed E-state index contributed by atoms with van der Waals surface area (Å²) < 4.78 is 10.5. The third kappa shape index (κ3) is 2.75. The molecule has 1 aromatic rings. The van der Waals surface area contributed by atoms with Crippen molar-refractivity contribution in [2.75, 3.05) is 13.7 Å². The largest absolute Gasteiger partial charge is 0.490 e. The normalized spacial score (nSPS) is 11.8. The fraction of sp³-hybridized carbons (Fsp3) is 0.364. The third-order valence-corrected chi connectivity index (χ3v) is 1.88.